The fourth-order valence-electron chi connectivity index (χ4n) is 2.61. The number of fused-ring (bicyclic) bond motifs is 1. The van der Waals surface area contributed by atoms with E-state index in [9.17, 15) is 9.59 Å². The van der Waals surface area contributed by atoms with Gasteiger partial charge in [0.25, 0.3) is 0 Å². The molecular formula is C17H15N3O3. The topological polar surface area (TPSA) is 88.1 Å². The second-order valence-electron chi connectivity index (χ2n) is 5.27. The Bertz CT molecular complexity index is 982. The Hall–Kier alpha value is -3.15. The van der Waals surface area contributed by atoms with Gasteiger partial charge in [-0.2, -0.15) is 0 Å². The highest BCUT2D eigenvalue weighted by Crippen LogP contribution is 2.13. The summed E-state index contributed by atoms with van der Waals surface area (Å²) in [5.41, 5.74) is 2.27. The molecule has 0 saturated heterocycles. The summed E-state index contributed by atoms with van der Waals surface area (Å²) < 4.78 is 3.32. The lowest BCUT2D eigenvalue weighted by atomic mass is 10.1. The van der Waals surface area contributed by atoms with E-state index in [1.807, 2.05) is 24.3 Å². The van der Waals surface area contributed by atoms with Crippen LogP contribution in [-0.4, -0.2) is 26.0 Å². The fraction of sp³-hybridized carbons (Fsp3) is 0.118. The molecule has 2 aromatic carbocycles. The highest BCUT2D eigenvalue weighted by atomic mass is 16.4. The highest BCUT2D eigenvalue weighted by Gasteiger charge is 2.14. The minimum atomic E-state index is -1.07. The largest absolute Gasteiger partial charge is 0.478 e. The van der Waals surface area contributed by atoms with Crippen molar-refractivity contribution in [1.82, 2.24) is 9.13 Å². The Kier molecular flexibility index (Phi) is 3.57. The van der Waals surface area contributed by atoms with Crippen LogP contribution in [0.4, 0.5) is 0 Å². The molecule has 23 heavy (non-hydrogen) atoms. The van der Waals surface area contributed by atoms with Crippen molar-refractivity contribution < 1.29 is 14.7 Å². The number of nitrogens with one attached hydrogen (secondary N) is 1. The van der Waals surface area contributed by atoms with Crippen LogP contribution in [0.5, 0.6) is 0 Å². The van der Waals surface area contributed by atoms with Gasteiger partial charge in [-0.05, 0) is 24.3 Å². The number of hydrogen-bond acceptors (Lipinski definition) is 3. The zero-order valence-electron chi connectivity index (χ0n) is 12.5. The predicted molar refractivity (Wildman–Crippen MR) is 84.5 cm³/mol. The third kappa shape index (κ3) is 2.55. The number of aromatic nitrogens is 2. The van der Waals surface area contributed by atoms with Crippen LogP contribution in [0.25, 0.3) is 11.0 Å². The molecule has 6 heteroatoms. The summed E-state index contributed by atoms with van der Waals surface area (Å²) in [4.78, 5) is 23.5. The minimum absolute atomic E-state index is 0.0107. The zero-order valence-corrected chi connectivity index (χ0v) is 12.5. The van der Waals surface area contributed by atoms with Crippen molar-refractivity contribution in [3.05, 3.63) is 65.3 Å². The van der Waals surface area contributed by atoms with E-state index in [0.717, 1.165) is 11.0 Å². The van der Waals surface area contributed by atoms with Gasteiger partial charge in [-0.25, -0.2) is 4.79 Å². The number of para-hydroxylation sites is 2. The monoisotopic (exact) mass is 309 g/mol. The number of rotatable bonds is 4. The first kappa shape index (κ1) is 14.8. The second kappa shape index (κ2) is 5.57. The third-order valence-electron chi connectivity index (χ3n) is 3.84. The third-order valence-corrected chi connectivity index (χ3v) is 3.84. The Morgan fingerprint density at radius 1 is 1.04 bits per heavy atom. The van der Waals surface area contributed by atoms with Crippen LogP contribution in [0.2, 0.25) is 0 Å². The number of ketones is 1. The first-order valence-electron chi connectivity index (χ1n) is 7.04. The van der Waals surface area contributed by atoms with Crippen molar-refractivity contribution in [2.45, 2.75) is 6.54 Å². The van der Waals surface area contributed by atoms with Crippen molar-refractivity contribution >= 4 is 22.8 Å². The number of carboxylic acids is 1. The molecular weight excluding hydrogens is 294 g/mol. The number of carbonyl (C=O) groups is 2. The summed E-state index contributed by atoms with van der Waals surface area (Å²) in [5.74, 6) is -1.30. The number of imidazole rings is 1. The molecule has 0 fully saturated rings. The van der Waals surface area contributed by atoms with E-state index >= 15 is 0 Å². The first-order valence-corrected chi connectivity index (χ1v) is 7.04. The molecule has 3 rings (SSSR count). The molecule has 0 saturated carbocycles. The predicted octanol–water partition coefficient (Wildman–Crippen LogP) is 2.04. The van der Waals surface area contributed by atoms with Crippen LogP contribution in [0.15, 0.2) is 48.5 Å². The van der Waals surface area contributed by atoms with Gasteiger partial charge in [0.05, 0.1) is 23.1 Å². The van der Waals surface area contributed by atoms with Crippen LogP contribution in [0.1, 0.15) is 20.7 Å². The van der Waals surface area contributed by atoms with Crippen molar-refractivity contribution in [2.75, 3.05) is 0 Å². The number of carboxylic acid groups (broad SMARTS) is 1. The van der Waals surface area contributed by atoms with Crippen molar-refractivity contribution in [3.8, 4) is 0 Å². The van der Waals surface area contributed by atoms with Crippen LogP contribution in [0, 0.1) is 5.41 Å². The zero-order chi connectivity index (χ0) is 16.6. The molecule has 0 spiro atoms. The van der Waals surface area contributed by atoms with E-state index in [0.29, 0.717) is 5.56 Å². The minimum Gasteiger partial charge on any atom is -0.478 e. The molecule has 0 amide bonds. The maximum absolute atomic E-state index is 12.5. The Balaban J connectivity index is 2.01. The number of Topliss-reactive ketones (excluding diaryl/α,β-unsaturated/α-hetero) is 1. The molecule has 0 unspecified atom stereocenters. The number of hydrogen-bond donors (Lipinski definition) is 2. The van der Waals surface area contributed by atoms with Gasteiger partial charge in [0, 0.05) is 12.6 Å². The van der Waals surface area contributed by atoms with E-state index < -0.39 is 5.97 Å². The molecule has 0 aliphatic heterocycles. The Morgan fingerprint density at radius 3 is 2.39 bits per heavy atom. The molecule has 0 bridgehead atoms. The lowest BCUT2D eigenvalue weighted by Crippen LogP contribution is -2.26. The van der Waals surface area contributed by atoms with Crippen LogP contribution < -0.4 is 5.62 Å². The van der Waals surface area contributed by atoms with Crippen LogP contribution >= 0.6 is 0 Å². The van der Waals surface area contributed by atoms with Crippen LogP contribution in [-0.2, 0) is 13.6 Å². The van der Waals surface area contributed by atoms with Gasteiger partial charge < -0.3 is 14.2 Å². The number of nitrogens with zero attached hydrogens (tertiary/aromatic N) is 2. The number of carbonyl (C=O) groups excluding carboxylic acids is 1. The molecule has 6 nitrogen and oxygen atoms in total. The van der Waals surface area contributed by atoms with E-state index in [4.69, 9.17) is 10.5 Å². The standard InChI is InChI=1S/C17H15N3O3/c1-19-13-7-2-3-8-14(13)20(17(19)18)10-15(21)11-5-4-6-12(9-11)16(22)23/h2-9,18H,10H2,1H3,(H,22,23). The molecule has 1 aromatic heterocycles. The molecule has 0 radical (unpaired) electrons. The van der Waals surface area contributed by atoms with Gasteiger partial charge in [0.15, 0.2) is 5.78 Å². The molecule has 0 aliphatic carbocycles. The maximum atomic E-state index is 12.5. The maximum Gasteiger partial charge on any atom is 0.335 e. The van der Waals surface area contributed by atoms with Gasteiger partial charge in [0.2, 0.25) is 5.62 Å². The van der Waals surface area contributed by atoms with Crippen molar-refractivity contribution in [1.29, 1.82) is 5.41 Å². The molecule has 2 N–H and O–H groups in total. The van der Waals surface area contributed by atoms with E-state index in [-0.39, 0.29) is 23.5 Å². The highest BCUT2D eigenvalue weighted by molar-refractivity contribution is 5.99. The summed E-state index contributed by atoms with van der Waals surface area (Å²) in [6, 6.07) is 13.4. The van der Waals surface area contributed by atoms with Gasteiger partial charge in [-0.15, -0.1) is 0 Å². The van der Waals surface area contributed by atoms with Crippen molar-refractivity contribution in [2.24, 2.45) is 7.05 Å². The average Bonchev–Trinajstić information content (AvgIpc) is 2.80. The molecule has 3 aromatic rings. The first-order chi connectivity index (χ1) is 11.0. The van der Waals surface area contributed by atoms with E-state index in [1.54, 1.807) is 28.3 Å². The van der Waals surface area contributed by atoms with Gasteiger partial charge >= 0.3 is 5.97 Å². The van der Waals surface area contributed by atoms with Gasteiger partial charge in [-0.1, -0.05) is 24.3 Å². The summed E-state index contributed by atoms with van der Waals surface area (Å²) in [5, 5.41) is 17.2. The SMILES string of the molecule is Cn1c(=N)n(CC(=O)c2cccc(C(=O)O)c2)c2ccccc21. The Morgan fingerprint density at radius 2 is 1.70 bits per heavy atom. The van der Waals surface area contributed by atoms with Gasteiger partial charge in [0.1, 0.15) is 0 Å². The quantitative estimate of drug-likeness (QED) is 0.723. The average molecular weight is 309 g/mol. The lowest BCUT2D eigenvalue weighted by Gasteiger charge is -2.05. The van der Waals surface area contributed by atoms with E-state index in [2.05, 4.69) is 0 Å². The molecule has 0 aliphatic rings. The molecule has 0 atom stereocenters. The summed E-state index contributed by atoms with van der Waals surface area (Å²) >= 11 is 0. The summed E-state index contributed by atoms with van der Waals surface area (Å²) in [6.45, 7) is -0.0107. The summed E-state index contributed by atoms with van der Waals surface area (Å²) in [7, 11) is 1.77. The molecule has 1 heterocycles. The Labute approximate surface area is 131 Å². The van der Waals surface area contributed by atoms with Crippen LogP contribution in [0.3, 0.4) is 0 Å². The van der Waals surface area contributed by atoms with E-state index in [1.165, 1.54) is 12.1 Å². The van der Waals surface area contributed by atoms with Gasteiger partial charge in [-0.3, -0.25) is 10.2 Å². The van der Waals surface area contributed by atoms with Crippen molar-refractivity contribution in [3.63, 3.8) is 0 Å². The number of aryl methyl sites for hydroxylation is 1. The second-order valence-corrected chi connectivity index (χ2v) is 5.27. The number of aromatic carboxylic acids is 1. The normalized spacial score (nSPS) is 10.8. The fourth-order valence-corrected chi connectivity index (χ4v) is 2.61. The number of benzene rings is 2. The smallest absolute Gasteiger partial charge is 0.335 e. The summed E-state index contributed by atoms with van der Waals surface area (Å²) in [6.07, 6.45) is 0. The molecule has 116 valence electrons. The lowest BCUT2D eigenvalue weighted by molar-refractivity contribution is 0.0697.